The van der Waals surface area contributed by atoms with Crippen molar-refractivity contribution in [2.24, 2.45) is 0 Å². The molecule has 100 valence electrons. The molecule has 1 fully saturated rings. The van der Waals surface area contributed by atoms with Crippen LogP contribution in [0.15, 0.2) is 18.5 Å². The highest BCUT2D eigenvalue weighted by Gasteiger charge is 2.25. The Morgan fingerprint density at radius 3 is 2.89 bits per heavy atom. The van der Waals surface area contributed by atoms with E-state index >= 15 is 0 Å². The lowest BCUT2D eigenvalue weighted by Crippen LogP contribution is -2.41. The van der Waals surface area contributed by atoms with E-state index in [0.717, 1.165) is 5.56 Å². The van der Waals surface area contributed by atoms with Gasteiger partial charge in [0.25, 0.3) is 0 Å². The molecule has 1 heterocycles. The first-order valence-electron chi connectivity index (χ1n) is 6.60. The fraction of sp³-hybridized carbons (Fsp3) is 0.643. The van der Waals surface area contributed by atoms with Crippen molar-refractivity contribution >= 4 is 11.8 Å². The average molecular weight is 268 g/mol. The summed E-state index contributed by atoms with van der Waals surface area (Å²) in [7, 11) is 0. The Labute approximate surface area is 113 Å². The van der Waals surface area contributed by atoms with Crippen LogP contribution in [0.1, 0.15) is 44.2 Å². The second-order valence-corrected chi connectivity index (χ2v) is 6.07. The quantitative estimate of drug-likeness (QED) is 0.904. The molecule has 1 aliphatic rings. The number of halogens is 1. The monoisotopic (exact) mass is 268 g/mol. The number of pyridine rings is 1. The van der Waals surface area contributed by atoms with Crippen LogP contribution in [-0.2, 0) is 0 Å². The molecule has 0 bridgehead atoms. The van der Waals surface area contributed by atoms with Gasteiger partial charge in [-0.15, -0.1) is 0 Å². The third-order valence-electron chi connectivity index (χ3n) is 3.70. The lowest BCUT2D eigenvalue weighted by molar-refractivity contribution is 0.356. The molecule has 18 heavy (non-hydrogen) atoms. The topological polar surface area (TPSA) is 24.9 Å². The molecule has 1 aromatic rings. The lowest BCUT2D eigenvalue weighted by atomic mass is 9.93. The Hall–Kier alpha value is -0.610. The van der Waals surface area contributed by atoms with E-state index in [2.05, 4.69) is 23.5 Å². The first-order valence-corrected chi connectivity index (χ1v) is 7.89. The molecule has 2 nitrogen and oxygen atoms in total. The number of thioether (sulfide) groups is 1. The summed E-state index contributed by atoms with van der Waals surface area (Å²) in [4.78, 5) is 3.92. The maximum atomic E-state index is 13.2. The van der Waals surface area contributed by atoms with Crippen molar-refractivity contribution in [3.63, 3.8) is 0 Å². The molecule has 1 N–H and O–H groups in total. The number of hydrogen-bond acceptors (Lipinski definition) is 3. The molecule has 1 saturated carbocycles. The van der Waals surface area contributed by atoms with Crippen molar-refractivity contribution in [1.29, 1.82) is 0 Å². The Morgan fingerprint density at radius 2 is 2.17 bits per heavy atom. The molecule has 0 radical (unpaired) electrons. The molecule has 3 unspecified atom stereocenters. The van der Waals surface area contributed by atoms with Crippen LogP contribution in [0.4, 0.5) is 4.39 Å². The Bertz CT molecular complexity index is 386. The minimum Gasteiger partial charge on any atom is -0.306 e. The second-order valence-electron chi connectivity index (χ2n) is 4.99. The van der Waals surface area contributed by atoms with Gasteiger partial charge in [0.15, 0.2) is 0 Å². The van der Waals surface area contributed by atoms with Crippen molar-refractivity contribution in [3.8, 4) is 0 Å². The van der Waals surface area contributed by atoms with Crippen LogP contribution in [0.25, 0.3) is 0 Å². The van der Waals surface area contributed by atoms with Crippen molar-refractivity contribution < 1.29 is 4.39 Å². The third-order valence-corrected chi connectivity index (χ3v) is 4.87. The van der Waals surface area contributed by atoms with Crippen LogP contribution in [0.2, 0.25) is 0 Å². The van der Waals surface area contributed by atoms with Gasteiger partial charge in [0.2, 0.25) is 0 Å². The van der Waals surface area contributed by atoms with Gasteiger partial charge in [0.1, 0.15) is 5.82 Å². The molecule has 0 saturated heterocycles. The van der Waals surface area contributed by atoms with Crippen LogP contribution >= 0.6 is 11.8 Å². The van der Waals surface area contributed by atoms with Gasteiger partial charge in [-0.25, -0.2) is 4.39 Å². The molecular formula is C14H21FN2S. The van der Waals surface area contributed by atoms with Crippen molar-refractivity contribution in [2.75, 3.05) is 6.26 Å². The Morgan fingerprint density at radius 1 is 1.39 bits per heavy atom. The lowest BCUT2D eigenvalue weighted by Gasteiger charge is -2.33. The van der Waals surface area contributed by atoms with Gasteiger partial charge in [-0.2, -0.15) is 11.8 Å². The Balaban J connectivity index is 1.99. The molecule has 4 heteroatoms. The van der Waals surface area contributed by atoms with E-state index in [1.54, 1.807) is 12.3 Å². The van der Waals surface area contributed by atoms with E-state index in [9.17, 15) is 4.39 Å². The van der Waals surface area contributed by atoms with E-state index in [1.165, 1.54) is 31.9 Å². The largest absolute Gasteiger partial charge is 0.306 e. The molecule has 1 aromatic heterocycles. The summed E-state index contributed by atoms with van der Waals surface area (Å²) in [6.45, 7) is 2.09. The van der Waals surface area contributed by atoms with Gasteiger partial charge >= 0.3 is 0 Å². The van der Waals surface area contributed by atoms with E-state index in [1.807, 2.05) is 11.8 Å². The molecule has 0 amide bonds. The van der Waals surface area contributed by atoms with Gasteiger partial charge in [-0.05, 0) is 37.7 Å². The SMILES string of the molecule is CSC1CCCCC1NC(C)c1cncc(F)c1. The molecule has 1 aliphatic carbocycles. The van der Waals surface area contributed by atoms with E-state index in [4.69, 9.17) is 0 Å². The predicted molar refractivity (Wildman–Crippen MR) is 75.3 cm³/mol. The maximum Gasteiger partial charge on any atom is 0.141 e. The van der Waals surface area contributed by atoms with Gasteiger partial charge in [-0.3, -0.25) is 4.98 Å². The van der Waals surface area contributed by atoms with Crippen molar-refractivity contribution in [2.45, 2.75) is 49.9 Å². The molecule has 2 rings (SSSR count). The van der Waals surface area contributed by atoms with E-state index < -0.39 is 0 Å². The highest BCUT2D eigenvalue weighted by Crippen LogP contribution is 2.28. The molecule has 0 aliphatic heterocycles. The Kier molecular flexibility index (Phi) is 5.01. The molecule has 0 aromatic carbocycles. The standard InChI is InChI=1S/C14H21FN2S/c1-10(11-7-12(15)9-16-8-11)17-13-5-3-4-6-14(13)18-2/h7-10,13-14,17H,3-6H2,1-2H3. The van der Waals surface area contributed by atoms with Gasteiger partial charge in [-0.1, -0.05) is 12.8 Å². The highest BCUT2D eigenvalue weighted by atomic mass is 32.2. The van der Waals surface area contributed by atoms with Crippen LogP contribution in [0.3, 0.4) is 0 Å². The number of rotatable bonds is 4. The number of nitrogens with zero attached hydrogens (tertiary/aromatic N) is 1. The van der Waals surface area contributed by atoms with Crippen LogP contribution in [0.5, 0.6) is 0 Å². The van der Waals surface area contributed by atoms with Crippen molar-refractivity contribution in [3.05, 3.63) is 29.8 Å². The summed E-state index contributed by atoms with van der Waals surface area (Å²) >= 11 is 1.94. The normalized spacial score (nSPS) is 25.9. The average Bonchev–Trinajstić information content (AvgIpc) is 2.39. The number of nitrogens with one attached hydrogen (secondary N) is 1. The fourth-order valence-corrected chi connectivity index (χ4v) is 3.60. The summed E-state index contributed by atoms with van der Waals surface area (Å²) in [5.41, 5.74) is 0.931. The number of aromatic nitrogens is 1. The first-order chi connectivity index (χ1) is 8.70. The van der Waals surface area contributed by atoms with E-state index in [-0.39, 0.29) is 11.9 Å². The molecule has 3 atom stereocenters. The van der Waals surface area contributed by atoms with Gasteiger partial charge < -0.3 is 5.32 Å². The molecular weight excluding hydrogens is 247 g/mol. The van der Waals surface area contributed by atoms with Crippen LogP contribution in [0, 0.1) is 5.82 Å². The minimum absolute atomic E-state index is 0.158. The van der Waals surface area contributed by atoms with Crippen LogP contribution < -0.4 is 5.32 Å². The summed E-state index contributed by atoms with van der Waals surface area (Å²) < 4.78 is 13.2. The number of hydrogen-bond donors (Lipinski definition) is 1. The van der Waals surface area contributed by atoms with Gasteiger partial charge in [0.05, 0.1) is 6.20 Å². The third kappa shape index (κ3) is 3.45. The maximum absolute atomic E-state index is 13.2. The molecule has 0 spiro atoms. The van der Waals surface area contributed by atoms with E-state index in [0.29, 0.717) is 11.3 Å². The summed E-state index contributed by atoms with van der Waals surface area (Å²) in [6.07, 6.45) is 10.3. The zero-order valence-corrected chi connectivity index (χ0v) is 11.8. The smallest absolute Gasteiger partial charge is 0.141 e. The highest BCUT2D eigenvalue weighted by molar-refractivity contribution is 7.99. The fourth-order valence-electron chi connectivity index (χ4n) is 2.65. The summed E-state index contributed by atoms with van der Waals surface area (Å²) in [5, 5.41) is 4.32. The second kappa shape index (κ2) is 6.53. The summed E-state index contributed by atoms with van der Waals surface area (Å²) in [5.74, 6) is -0.258. The predicted octanol–water partition coefficient (Wildman–Crippen LogP) is 3.55. The van der Waals surface area contributed by atoms with Crippen molar-refractivity contribution in [1.82, 2.24) is 10.3 Å². The zero-order valence-electron chi connectivity index (χ0n) is 11.0. The summed E-state index contributed by atoms with van der Waals surface area (Å²) in [6, 6.07) is 2.26. The zero-order chi connectivity index (χ0) is 13.0. The minimum atomic E-state index is -0.258. The first kappa shape index (κ1) is 13.8. The van der Waals surface area contributed by atoms with Crippen LogP contribution in [-0.4, -0.2) is 22.5 Å². The van der Waals surface area contributed by atoms with Gasteiger partial charge in [0, 0.05) is 23.5 Å².